The summed E-state index contributed by atoms with van der Waals surface area (Å²) in [7, 11) is 0. The molecule has 2 aliphatic rings. The molecular formula is C16H17NO2. The van der Waals surface area contributed by atoms with E-state index in [0.717, 1.165) is 43.3 Å². The molecule has 0 amide bonds. The summed E-state index contributed by atoms with van der Waals surface area (Å²) in [4.78, 5) is 14.3. The van der Waals surface area contributed by atoms with Gasteiger partial charge in [-0.05, 0) is 50.3 Å². The second-order valence-corrected chi connectivity index (χ2v) is 5.69. The minimum Gasteiger partial charge on any atom is -0.422 e. The van der Waals surface area contributed by atoms with Crippen molar-refractivity contribution in [1.82, 2.24) is 0 Å². The van der Waals surface area contributed by atoms with Crippen LogP contribution in [0.15, 0.2) is 21.3 Å². The van der Waals surface area contributed by atoms with Gasteiger partial charge in [-0.3, -0.25) is 0 Å². The first kappa shape index (κ1) is 11.1. The highest BCUT2D eigenvalue weighted by Gasteiger charge is 2.26. The van der Waals surface area contributed by atoms with Gasteiger partial charge in [-0.25, -0.2) is 4.79 Å². The predicted octanol–water partition coefficient (Wildman–Crippen LogP) is 2.80. The highest BCUT2D eigenvalue weighted by molar-refractivity contribution is 5.88. The average molecular weight is 255 g/mol. The van der Waals surface area contributed by atoms with Gasteiger partial charge in [0.25, 0.3) is 0 Å². The Labute approximate surface area is 111 Å². The van der Waals surface area contributed by atoms with Crippen molar-refractivity contribution in [3.63, 3.8) is 0 Å². The van der Waals surface area contributed by atoms with Gasteiger partial charge in [0.1, 0.15) is 5.58 Å². The number of hydrogen-bond acceptors (Lipinski definition) is 3. The summed E-state index contributed by atoms with van der Waals surface area (Å²) in [5, 5.41) is 1.09. The van der Waals surface area contributed by atoms with Gasteiger partial charge < -0.3 is 9.32 Å². The van der Waals surface area contributed by atoms with Gasteiger partial charge in [0.15, 0.2) is 0 Å². The normalized spacial score (nSPS) is 17.6. The molecular weight excluding hydrogens is 238 g/mol. The van der Waals surface area contributed by atoms with Crippen LogP contribution >= 0.6 is 0 Å². The summed E-state index contributed by atoms with van der Waals surface area (Å²) in [6, 6.07) is 4.20. The van der Waals surface area contributed by atoms with E-state index < -0.39 is 0 Å². The number of rotatable bonds is 0. The number of fused-ring (bicyclic) bond motifs is 2. The molecule has 0 bridgehead atoms. The van der Waals surface area contributed by atoms with Crippen LogP contribution in [0, 0.1) is 6.92 Å². The summed E-state index contributed by atoms with van der Waals surface area (Å²) in [5.74, 6) is 0. The van der Waals surface area contributed by atoms with E-state index in [0.29, 0.717) is 5.56 Å². The van der Waals surface area contributed by atoms with Crippen LogP contribution in [0.5, 0.6) is 0 Å². The van der Waals surface area contributed by atoms with Crippen molar-refractivity contribution in [1.29, 1.82) is 0 Å². The quantitative estimate of drug-likeness (QED) is 0.679. The SMILES string of the molecule is Cc1cc2cc3c4c(c2oc1=O)CCCN4CCC3. The molecule has 0 radical (unpaired) electrons. The molecule has 0 aliphatic carbocycles. The molecule has 1 aromatic heterocycles. The van der Waals surface area contributed by atoms with E-state index in [1.54, 1.807) is 0 Å². The molecule has 0 atom stereocenters. The first-order valence-corrected chi connectivity index (χ1v) is 7.08. The van der Waals surface area contributed by atoms with E-state index in [4.69, 9.17) is 4.42 Å². The van der Waals surface area contributed by atoms with Crippen molar-refractivity contribution in [3.05, 3.63) is 39.2 Å². The minimum absolute atomic E-state index is 0.198. The Hall–Kier alpha value is -1.77. The summed E-state index contributed by atoms with van der Waals surface area (Å²) >= 11 is 0. The Balaban J connectivity index is 2.12. The summed E-state index contributed by atoms with van der Waals surface area (Å²) in [5.41, 5.74) is 5.37. The largest absolute Gasteiger partial charge is 0.422 e. The highest BCUT2D eigenvalue weighted by atomic mass is 16.4. The van der Waals surface area contributed by atoms with Crippen LogP contribution in [0.3, 0.4) is 0 Å². The lowest BCUT2D eigenvalue weighted by Crippen LogP contribution is -2.34. The van der Waals surface area contributed by atoms with Gasteiger partial charge in [-0.15, -0.1) is 0 Å². The molecule has 98 valence electrons. The number of anilines is 1. The third-order valence-corrected chi connectivity index (χ3v) is 4.39. The Morgan fingerprint density at radius 3 is 2.79 bits per heavy atom. The Kier molecular flexibility index (Phi) is 2.25. The number of nitrogens with zero attached hydrogens (tertiary/aromatic N) is 1. The summed E-state index contributed by atoms with van der Waals surface area (Å²) in [6.07, 6.45) is 4.56. The lowest BCUT2D eigenvalue weighted by atomic mass is 9.90. The standard InChI is InChI=1S/C16H17NO2/c1-10-8-12-9-11-4-2-6-17-7-3-5-13(14(11)17)15(12)19-16(10)18/h8-9H,2-7H2,1H3. The first-order valence-electron chi connectivity index (χ1n) is 7.08. The maximum Gasteiger partial charge on any atom is 0.339 e. The second kappa shape index (κ2) is 3.86. The van der Waals surface area contributed by atoms with E-state index in [1.165, 1.54) is 23.2 Å². The van der Waals surface area contributed by atoms with E-state index >= 15 is 0 Å². The topological polar surface area (TPSA) is 33.5 Å². The van der Waals surface area contributed by atoms with E-state index in [2.05, 4.69) is 11.0 Å². The van der Waals surface area contributed by atoms with Crippen LogP contribution in [-0.4, -0.2) is 13.1 Å². The lowest BCUT2D eigenvalue weighted by Gasteiger charge is -2.37. The number of aryl methyl sites for hydroxylation is 3. The molecule has 1 aromatic carbocycles. The molecule has 0 spiro atoms. The zero-order valence-corrected chi connectivity index (χ0v) is 11.2. The first-order chi connectivity index (χ1) is 9.24. The van der Waals surface area contributed by atoms with E-state index in [9.17, 15) is 4.79 Å². The van der Waals surface area contributed by atoms with Crippen LogP contribution in [0.1, 0.15) is 29.5 Å². The molecule has 3 heterocycles. The highest BCUT2D eigenvalue weighted by Crippen LogP contribution is 2.39. The smallest absolute Gasteiger partial charge is 0.339 e. The van der Waals surface area contributed by atoms with Crippen LogP contribution in [-0.2, 0) is 12.8 Å². The second-order valence-electron chi connectivity index (χ2n) is 5.69. The predicted molar refractivity (Wildman–Crippen MR) is 76.1 cm³/mol. The number of hydrogen-bond donors (Lipinski definition) is 0. The van der Waals surface area contributed by atoms with Gasteiger partial charge in [0.2, 0.25) is 0 Å². The molecule has 2 aliphatic heterocycles. The molecule has 3 heteroatoms. The molecule has 4 rings (SSSR count). The Morgan fingerprint density at radius 1 is 1.16 bits per heavy atom. The molecule has 0 unspecified atom stereocenters. The fourth-order valence-corrected chi connectivity index (χ4v) is 3.55. The van der Waals surface area contributed by atoms with Crippen molar-refractivity contribution in [2.75, 3.05) is 18.0 Å². The van der Waals surface area contributed by atoms with Gasteiger partial charge in [-0.2, -0.15) is 0 Å². The zero-order chi connectivity index (χ0) is 13.0. The monoisotopic (exact) mass is 255 g/mol. The lowest BCUT2D eigenvalue weighted by molar-refractivity contribution is 0.544. The third-order valence-electron chi connectivity index (χ3n) is 4.39. The molecule has 19 heavy (non-hydrogen) atoms. The van der Waals surface area contributed by atoms with Crippen LogP contribution in [0.25, 0.3) is 11.0 Å². The molecule has 0 fully saturated rings. The van der Waals surface area contributed by atoms with Crippen LogP contribution < -0.4 is 10.5 Å². The summed E-state index contributed by atoms with van der Waals surface area (Å²) < 4.78 is 5.58. The fourth-order valence-electron chi connectivity index (χ4n) is 3.55. The van der Waals surface area contributed by atoms with Crippen LogP contribution in [0.2, 0.25) is 0 Å². The fraction of sp³-hybridized carbons (Fsp3) is 0.438. The van der Waals surface area contributed by atoms with Gasteiger partial charge >= 0.3 is 5.63 Å². The van der Waals surface area contributed by atoms with E-state index in [1.807, 2.05) is 13.0 Å². The minimum atomic E-state index is -0.198. The average Bonchev–Trinajstić information content (AvgIpc) is 2.42. The van der Waals surface area contributed by atoms with E-state index in [-0.39, 0.29) is 5.63 Å². The molecule has 0 saturated carbocycles. The zero-order valence-electron chi connectivity index (χ0n) is 11.2. The maximum absolute atomic E-state index is 11.8. The van der Waals surface area contributed by atoms with Crippen molar-refractivity contribution < 1.29 is 4.42 Å². The Morgan fingerprint density at radius 2 is 1.95 bits per heavy atom. The molecule has 0 N–H and O–H groups in total. The van der Waals surface area contributed by atoms with Crippen molar-refractivity contribution in [2.45, 2.75) is 32.6 Å². The molecule has 0 saturated heterocycles. The maximum atomic E-state index is 11.8. The van der Waals surface area contributed by atoms with Crippen molar-refractivity contribution >= 4 is 16.7 Å². The van der Waals surface area contributed by atoms with Gasteiger partial charge in [0.05, 0.1) is 0 Å². The number of benzene rings is 1. The van der Waals surface area contributed by atoms with Crippen LogP contribution in [0.4, 0.5) is 5.69 Å². The van der Waals surface area contributed by atoms with Crippen molar-refractivity contribution in [3.8, 4) is 0 Å². The van der Waals surface area contributed by atoms with Gasteiger partial charge in [0, 0.05) is 35.3 Å². The van der Waals surface area contributed by atoms with Crippen molar-refractivity contribution in [2.24, 2.45) is 0 Å². The third kappa shape index (κ3) is 1.54. The molecule has 2 aromatic rings. The van der Waals surface area contributed by atoms with Gasteiger partial charge in [-0.1, -0.05) is 0 Å². The Bertz CT molecular complexity index is 728. The molecule has 3 nitrogen and oxygen atoms in total. The summed E-state index contributed by atoms with van der Waals surface area (Å²) in [6.45, 7) is 4.10.